The quantitative estimate of drug-likeness (QED) is 0.895. The summed E-state index contributed by atoms with van der Waals surface area (Å²) >= 11 is 0. The van der Waals surface area contributed by atoms with Gasteiger partial charge in [0.05, 0.1) is 12.5 Å². The maximum atomic E-state index is 12.8. The van der Waals surface area contributed by atoms with Crippen LogP contribution >= 0.6 is 0 Å². The average molecular weight is 342 g/mol. The van der Waals surface area contributed by atoms with Crippen molar-refractivity contribution in [3.05, 3.63) is 47.6 Å². The molecule has 1 aromatic carbocycles. The van der Waals surface area contributed by atoms with Crippen LogP contribution in [0.25, 0.3) is 0 Å². The number of hydrogen-bond acceptors (Lipinski definition) is 5. The Morgan fingerprint density at radius 2 is 2.16 bits per heavy atom. The number of amides is 2. The third-order valence-corrected chi connectivity index (χ3v) is 4.29. The summed E-state index contributed by atoms with van der Waals surface area (Å²) in [7, 11) is 0. The van der Waals surface area contributed by atoms with Crippen LogP contribution in [0.5, 0.6) is 0 Å². The molecular formula is C18H22N4O3. The molecule has 2 aromatic rings. The SMILES string of the molecule is Cc1noc(CCCC(=O)N2CCNC(=O)C[C@H]2c2ccccc2)n1. The minimum atomic E-state index is -0.221. The van der Waals surface area contributed by atoms with Crippen molar-refractivity contribution in [2.24, 2.45) is 0 Å². The van der Waals surface area contributed by atoms with E-state index >= 15 is 0 Å². The van der Waals surface area contributed by atoms with Crippen LogP contribution in [0.4, 0.5) is 0 Å². The Labute approximate surface area is 146 Å². The lowest BCUT2D eigenvalue weighted by atomic mass is 10.0. The standard InChI is InChI=1S/C18H22N4O3/c1-13-20-17(25-21-13)8-5-9-18(24)22-11-10-19-16(23)12-15(22)14-6-3-2-4-7-14/h2-4,6-7,15H,5,8-12H2,1H3,(H,19,23)/t15-/m0/s1. The van der Waals surface area contributed by atoms with E-state index in [-0.39, 0.29) is 17.9 Å². The molecule has 1 aliphatic heterocycles. The van der Waals surface area contributed by atoms with E-state index in [4.69, 9.17) is 4.52 Å². The number of aromatic nitrogens is 2. The van der Waals surface area contributed by atoms with Gasteiger partial charge in [0, 0.05) is 25.9 Å². The summed E-state index contributed by atoms with van der Waals surface area (Å²) in [5, 5.41) is 6.60. The van der Waals surface area contributed by atoms with Crippen molar-refractivity contribution < 1.29 is 14.1 Å². The number of nitrogens with zero attached hydrogens (tertiary/aromatic N) is 3. The first kappa shape index (κ1) is 17.1. The van der Waals surface area contributed by atoms with E-state index in [1.54, 1.807) is 6.92 Å². The third-order valence-electron chi connectivity index (χ3n) is 4.29. The highest BCUT2D eigenvalue weighted by Gasteiger charge is 2.29. The predicted molar refractivity (Wildman–Crippen MR) is 90.5 cm³/mol. The van der Waals surface area contributed by atoms with Crippen molar-refractivity contribution in [3.63, 3.8) is 0 Å². The number of carbonyl (C=O) groups is 2. The minimum absolute atomic E-state index is 0.0227. The zero-order chi connectivity index (χ0) is 17.6. The van der Waals surface area contributed by atoms with E-state index in [1.165, 1.54) is 0 Å². The van der Waals surface area contributed by atoms with Gasteiger partial charge < -0.3 is 14.7 Å². The molecule has 0 radical (unpaired) electrons. The summed E-state index contributed by atoms with van der Waals surface area (Å²) < 4.78 is 5.08. The second kappa shape index (κ2) is 7.92. The molecule has 7 nitrogen and oxygen atoms in total. The van der Waals surface area contributed by atoms with Crippen LogP contribution in [0.1, 0.15) is 42.6 Å². The monoisotopic (exact) mass is 342 g/mol. The smallest absolute Gasteiger partial charge is 0.226 e. The molecule has 1 aliphatic rings. The van der Waals surface area contributed by atoms with Gasteiger partial charge in [0.15, 0.2) is 5.82 Å². The van der Waals surface area contributed by atoms with Crippen molar-refractivity contribution in [2.75, 3.05) is 13.1 Å². The molecule has 25 heavy (non-hydrogen) atoms. The van der Waals surface area contributed by atoms with Crippen molar-refractivity contribution in [2.45, 2.75) is 38.6 Å². The van der Waals surface area contributed by atoms with Gasteiger partial charge in [0.2, 0.25) is 17.7 Å². The highest BCUT2D eigenvalue weighted by molar-refractivity contribution is 5.81. The largest absolute Gasteiger partial charge is 0.354 e. The van der Waals surface area contributed by atoms with Gasteiger partial charge in [-0.2, -0.15) is 4.98 Å². The van der Waals surface area contributed by atoms with Gasteiger partial charge in [-0.1, -0.05) is 35.5 Å². The molecule has 1 atom stereocenters. The topological polar surface area (TPSA) is 88.3 Å². The van der Waals surface area contributed by atoms with Crippen LogP contribution < -0.4 is 5.32 Å². The molecule has 3 rings (SSSR count). The number of nitrogens with one attached hydrogen (secondary N) is 1. The number of carbonyl (C=O) groups excluding carboxylic acids is 2. The van der Waals surface area contributed by atoms with E-state index in [9.17, 15) is 9.59 Å². The first-order valence-corrected chi connectivity index (χ1v) is 8.54. The molecule has 0 aliphatic carbocycles. The normalized spacial score (nSPS) is 17.9. The van der Waals surface area contributed by atoms with Crippen LogP contribution in [0, 0.1) is 6.92 Å². The molecule has 0 spiro atoms. The third kappa shape index (κ3) is 4.43. The van der Waals surface area contributed by atoms with Crippen LogP contribution in [0.3, 0.4) is 0 Å². The van der Waals surface area contributed by atoms with Crippen LogP contribution in [-0.4, -0.2) is 39.9 Å². The fourth-order valence-electron chi connectivity index (χ4n) is 3.08. The van der Waals surface area contributed by atoms with E-state index in [1.807, 2.05) is 35.2 Å². The molecule has 1 aromatic heterocycles. The second-order valence-corrected chi connectivity index (χ2v) is 6.16. The summed E-state index contributed by atoms with van der Waals surface area (Å²) in [6.45, 7) is 2.77. The molecule has 0 bridgehead atoms. The van der Waals surface area contributed by atoms with Gasteiger partial charge in [-0.3, -0.25) is 9.59 Å². The van der Waals surface area contributed by atoms with Gasteiger partial charge in [0.25, 0.3) is 0 Å². The van der Waals surface area contributed by atoms with Crippen molar-refractivity contribution >= 4 is 11.8 Å². The Hall–Kier alpha value is -2.70. The molecule has 132 valence electrons. The molecule has 7 heteroatoms. The molecule has 2 amide bonds. The van der Waals surface area contributed by atoms with Gasteiger partial charge in [-0.25, -0.2) is 0 Å². The minimum Gasteiger partial charge on any atom is -0.354 e. The summed E-state index contributed by atoms with van der Waals surface area (Å²) in [6, 6.07) is 9.49. The lowest BCUT2D eigenvalue weighted by Crippen LogP contribution is -2.36. The first-order chi connectivity index (χ1) is 12.1. The number of rotatable bonds is 5. The van der Waals surface area contributed by atoms with E-state index in [2.05, 4.69) is 15.5 Å². The number of benzene rings is 1. The zero-order valence-corrected chi connectivity index (χ0v) is 14.3. The van der Waals surface area contributed by atoms with Gasteiger partial charge >= 0.3 is 0 Å². The summed E-state index contributed by atoms with van der Waals surface area (Å²) in [6.07, 6.45) is 1.89. The van der Waals surface area contributed by atoms with E-state index in [0.717, 1.165) is 5.56 Å². The molecule has 1 N–H and O–H groups in total. The molecule has 2 heterocycles. The highest BCUT2D eigenvalue weighted by Crippen LogP contribution is 2.26. The van der Waals surface area contributed by atoms with Crippen molar-refractivity contribution in [1.82, 2.24) is 20.4 Å². The van der Waals surface area contributed by atoms with Gasteiger partial charge in [-0.05, 0) is 18.9 Å². The Morgan fingerprint density at radius 1 is 1.36 bits per heavy atom. The number of aryl methyl sites for hydroxylation is 2. The first-order valence-electron chi connectivity index (χ1n) is 8.54. The average Bonchev–Trinajstić information content (AvgIpc) is 2.92. The Bertz CT molecular complexity index is 729. The molecule has 1 saturated heterocycles. The van der Waals surface area contributed by atoms with Gasteiger partial charge in [0.1, 0.15) is 0 Å². The molecule has 0 unspecified atom stereocenters. The molecule has 1 fully saturated rings. The molecular weight excluding hydrogens is 320 g/mol. The van der Waals surface area contributed by atoms with Crippen LogP contribution in [0.2, 0.25) is 0 Å². The zero-order valence-electron chi connectivity index (χ0n) is 14.3. The van der Waals surface area contributed by atoms with Crippen molar-refractivity contribution in [1.29, 1.82) is 0 Å². The fraction of sp³-hybridized carbons (Fsp3) is 0.444. The summed E-state index contributed by atoms with van der Waals surface area (Å²) in [4.78, 5) is 30.7. The maximum absolute atomic E-state index is 12.8. The maximum Gasteiger partial charge on any atom is 0.226 e. The summed E-state index contributed by atoms with van der Waals surface area (Å²) in [5.41, 5.74) is 0.987. The van der Waals surface area contributed by atoms with Crippen LogP contribution in [-0.2, 0) is 16.0 Å². The second-order valence-electron chi connectivity index (χ2n) is 6.16. The lowest BCUT2D eigenvalue weighted by Gasteiger charge is -2.29. The Balaban J connectivity index is 1.66. The van der Waals surface area contributed by atoms with E-state index in [0.29, 0.717) is 50.5 Å². The molecule has 0 saturated carbocycles. The Morgan fingerprint density at radius 3 is 2.88 bits per heavy atom. The van der Waals surface area contributed by atoms with Crippen LogP contribution in [0.15, 0.2) is 34.9 Å². The highest BCUT2D eigenvalue weighted by atomic mass is 16.5. The lowest BCUT2D eigenvalue weighted by molar-refractivity contribution is -0.133. The fourth-order valence-corrected chi connectivity index (χ4v) is 3.08. The van der Waals surface area contributed by atoms with E-state index < -0.39 is 0 Å². The predicted octanol–water partition coefficient (Wildman–Crippen LogP) is 1.79. The van der Waals surface area contributed by atoms with Crippen molar-refractivity contribution in [3.8, 4) is 0 Å². The summed E-state index contributed by atoms with van der Waals surface area (Å²) in [5.74, 6) is 1.17. The Kier molecular flexibility index (Phi) is 5.42. The number of hydrogen-bond donors (Lipinski definition) is 1. The van der Waals surface area contributed by atoms with Gasteiger partial charge in [-0.15, -0.1) is 0 Å².